The molecular formula is C18H29NO. The monoisotopic (exact) mass is 275 g/mol. The van der Waals surface area contributed by atoms with Gasteiger partial charge in [0.05, 0.1) is 6.10 Å². The van der Waals surface area contributed by atoms with E-state index < -0.39 is 6.10 Å². The first-order valence-corrected chi connectivity index (χ1v) is 8.09. The van der Waals surface area contributed by atoms with E-state index in [-0.39, 0.29) is 0 Å². The van der Waals surface area contributed by atoms with Crippen molar-refractivity contribution in [1.29, 1.82) is 0 Å². The van der Waals surface area contributed by atoms with Crippen LogP contribution < -0.4 is 5.32 Å². The molecular weight excluding hydrogens is 246 g/mol. The maximum atomic E-state index is 10.3. The summed E-state index contributed by atoms with van der Waals surface area (Å²) in [5.41, 5.74) is 2.34. The standard InChI is InChI=1S/C18H29NO/c1-13(2)15-8-10-17(11-9-15)18(20)12-19-14(3)16-6-4-5-7-16/h8-11,13-14,16,18-20H,4-7,12H2,1-3H3/t14-,18?/m1/s1. The number of aliphatic hydroxyl groups is 1. The number of nitrogens with one attached hydrogen (secondary N) is 1. The van der Waals surface area contributed by atoms with E-state index in [4.69, 9.17) is 0 Å². The molecule has 2 heteroatoms. The van der Waals surface area contributed by atoms with Crippen LogP contribution in [0.4, 0.5) is 0 Å². The summed E-state index contributed by atoms with van der Waals surface area (Å²) in [4.78, 5) is 0. The molecule has 2 atom stereocenters. The Labute approximate surface area is 123 Å². The highest BCUT2D eigenvalue weighted by Crippen LogP contribution is 2.27. The van der Waals surface area contributed by atoms with E-state index in [2.05, 4.69) is 50.4 Å². The van der Waals surface area contributed by atoms with Gasteiger partial charge in [0.1, 0.15) is 0 Å². The molecule has 1 aromatic carbocycles. The topological polar surface area (TPSA) is 32.3 Å². The summed E-state index contributed by atoms with van der Waals surface area (Å²) < 4.78 is 0. The third kappa shape index (κ3) is 4.07. The molecule has 0 amide bonds. The minimum absolute atomic E-state index is 0.403. The van der Waals surface area contributed by atoms with Gasteiger partial charge in [0.2, 0.25) is 0 Å². The summed E-state index contributed by atoms with van der Waals surface area (Å²) in [7, 11) is 0. The maximum Gasteiger partial charge on any atom is 0.0914 e. The second-order valence-electron chi connectivity index (χ2n) is 6.58. The number of benzene rings is 1. The average molecular weight is 275 g/mol. The molecule has 0 heterocycles. The molecule has 0 bridgehead atoms. The minimum atomic E-state index is -0.403. The number of hydrogen-bond donors (Lipinski definition) is 2. The Kier molecular flexibility index (Phi) is 5.62. The molecule has 2 nitrogen and oxygen atoms in total. The first kappa shape index (κ1) is 15.5. The Morgan fingerprint density at radius 2 is 1.60 bits per heavy atom. The van der Waals surface area contributed by atoms with E-state index in [1.54, 1.807) is 0 Å². The van der Waals surface area contributed by atoms with Crippen molar-refractivity contribution in [3.05, 3.63) is 35.4 Å². The molecule has 0 radical (unpaired) electrons. The first-order valence-electron chi connectivity index (χ1n) is 8.09. The molecule has 1 saturated carbocycles. The van der Waals surface area contributed by atoms with Gasteiger partial charge in [-0.1, -0.05) is 51.0 Å². The summed E-state index contributed by atoms with van der Waals surface area (Å²) in [5, 5.41) is 13.8. The van der Waals surface area contributed by atoms with E-state index in [1.807, 2.05) is 0 Å². The van der Waals surface area contributed by atoms with Gasteiger partial charge in [-0.15, -0.1) is 0 Å². The molecule has 1 aliphatic rings. The van der Waals surface area contributed by atoms with Gasteiger partial charge < -0.3 is 10.4 Å². The summed E-state index contributed by atoms with van der Waals surface area (Å²) in [5.74, 6) is 1.34. The van der Waals surface area contributed by atoms with Crippen molar-refractivity contribution in [1.82, 2.24) is 5.32 Å². The fraction of sp³-hybridized carbons (Fsp3) is 0.667. The zero-order valence-electron chi connectivity index (χ0n) is 13.1. The smallest absolute Gasteiger partial charge is 0.0914 e. The van der Waals surface area contributed by atoms with Crippen LogP contribution in [-0.4, -0.2) is 17.7 Å². The van der Waals surface area contributed by atoms with Crippen LogP contribution in [-0.2, 0) is 0 Å². The van der Waals surface area contributed by atoms with Crippen molar-refractivity contribution in [3.8, 4) is 0 Å². The Morgan fingerprint density at radius 1 is 1.05 bits per heavy atom. The molecule has 0 aromatic heterocycles. The van der Waals surface area contributed by atoms with Crippen LogP contribution >= 0.6 is 0 Å². The Bertz CT molecular complexity index is 392. The second-order valence-corrected chi connectivity index (χ2v) is 6.58. The lowest BCUT2D eigenvalue weighted by molar-refractivity contribution is 0.165. The highest BCUT2D eigenvalue weighted by molar-refractivity contribution is 5.26. The predicted molar refractivity (Wildman–Crippen MR) is 84.9 cm³/mol. The quantitative estimate of drug-likeness (QED) is 0.822. The third-order valence-corrected chi connectivity index (χ3v) is 4.73. The van der Waals surface area contributed by atoms with Crippen LogP contribution in [0.25, 0.3) is 0 Å². The molecule has 112 valence electrons. The maximum absolute atomic E-state index is 10.3. The Hall–Kier alpha value is -0.860. The highest BCUT2D eigenvalue weighted by atomic mass is 16.3. The van der Waals surface area contributed by atoms with Crippen molar-refractivity contribution in [2.24, 2.45) is 5.92 Å². The molecule has 1 unspecified atom stereocenters. The predicted octanol–water partition coefficient (Wildman–Crippen LogP) is 4.01. The zero-order valence-corrected chi connectivity index (χ0v) is 13.1. The van der Waals surface area contributed by atoms with Gasteiger partial charge in [0, 0.05) is 12.6 Å². The molecule has 0 saturated heterocycles. The van der Waals surface area contributed by atoms with Gasteiger partial charge in [0.25, 0.3) is 0 Å². The zero-order chi connectivity index (χ0) is 14.5. The molecule has 0 spiro atoms. The SMILES string of the molecule is CC(C)c1ccc(C(O)CN[C@H](C)C2CCCC2)cc1. The number of rotatable bonds is 6. The van der Waals surface area contributed by atoms with E-state index >= 15 is 0 Å². The summed E-state index contributed by atoms with van der Waals surface area (Å²) in [6.07, 6.45) is 5.02. The van der Waals surface area contributed by atoms with Crippen LogP contribution in [0, 0.1) is 5.92 Å². The van der Waals surface area contributed by atoms with Gasteiger partial charge in [-0.3, -0.25) is 0 Å². The van der Waals surface area contributed by atoms with Crippen LogP contribution in [0.2, 0.25) is 0 Å². The summed E-state index contributed by atoms with van der Waals surface area (Å²) >= 11 is 0. The number of aliphatic hydroxyl groups excluding tert-OH is 1. The molecule has 2 N–H and O–H groups in total. The third-order valence-electron chi connectivity index (χ3n) is 4.73. The highest BCUT2D eigenvalue weighted by Gasteiger charge is 2.21. The lowest BCUT2D eigenvalue weighted by Gasteiger charge is -2.22. The fourth-order valence-corrected chi connectivity index (χ4v) is 3.14. The minimum Gasteiger partial charge on any atom is -0.387 e. The average Bonchev–Trinajstić information content (AvgIpc) is 2.98. The Balaban J connectivity index is 1.83. The van der Waals surface area contributed by atoms with E-state index in [0.29, 0.717) is 18.5 Å². The van der Waals surface area contributed by atoms with Crippen LogP contribution in [0.5, 0.6) is 0 Å². The molecule has 1 aliphatic carbocycles. The van der Waals surface area contributed by atoms with E-state index in [0.717, 1.165) is 11.5 Å². The van der Waals surface area contributed by atoms with Crippen molar-refractivity contribution in [2.75, 3.05) is 6.54 Å². The van der Waals surface area contributed by atoms with Crippen molar-refractivity contribution < 1.29 is 5.11 Å². The van der Waals surface area contributed by atoms with Gasteiger partial charge in [0.15, 0.2) is 0 Å². The van der Waals surface area contributed by atoms with Crippen LogP contribution in [0.15, 0.2) is 24.3 Å². The van der Waals surface area contributed by atoms with E-state index in [9.17, 15) is 5.11 Å². The van der Waals surface area contributed by atoms with Crippen molar-refractivity contribution in [3.63, 3.8) is 0 Å². The molecule has 1 fully saturated rings. The van der Waals surface area contributed by atoms with Crippen LogP contribution in [0.3, 0.4) is 0 Å². The summed E-state index contributed by atoms with van der Waals surface area (Å²) in [6.45, 7) is 7.29. The largest absolute Gasteiger partial charge is 0.387 e. The lowest BCUT2D eigenvalue weighted by Crippen LogP contribution is -2.35. The van der Waals surface area contributed by atoms with Crippen molar-refractivity contribution in [2.45, 2.75) is 64.5 Å². The summed E-state index contributed by atoms with van der Waals surface area (Å²) in [6, 6.07) is 8.89. The molecule has 1 aromatic rings. The second kappa shape index (κ2) is 7.24. The molecule has 2 rings (SSSR count). The first-order chi connectivity index (χ1) is 9.58. The van der Waals surface area contributed by atoms with Crippen molar-refractivity contribution >= 4 is 0 Å². The normalized spacial score (nSPS) is 19.4. The fourth-order valence-electron chi connectivity index (χ4n) is 3.14. The van der Waals surface area contributed by atoms with Gasteiger partial charge in [-0.05, 0) is 42.7 Å². The number of hydrogen-bond acceptors (Lipinski definition) is 2. The van der Waals surface area contributed by atoms with E-state index in [1.165, 1.54) is 31.2 Å². The van der Waals surface area contributed by atoms with Gasteiger partial charge >= 0.3 is 0 Å². The van der Waals surface area contributed by atoms with Gasteiger partial charge in [-0.25, -0.2) is 0 Å². The molecule has 0 aliphatic heterocycles. The molecule has 20 heavy (non-hydrogen) atoms. The Morgan fingerprint density at radius 3 is 2.15 bits per heavy atom. The van der Waals surface area contributed by atoms with Crippen LogP contribution in [0.1, 0.15) is 69.6 Å². The van der Waals surface area contributed by atoms with Gasteiger partial charge in [-0.2, -0.15) is 0 Å². The lowest BCUT2D eigenvalue weighted by atomic mass is 9.98.